The summed E-state index contributed by atoms with van der Waals surface area (Å²) >= 11 is 8.37. The molecule has 4 heteroatoms. The van der Waals surface area contributed by atoms with Crippen molar-refractivity contribution in [1.82, 2.24) is 4.90 Å². The zero-order valence-corrected chi connectivity index (χ0v) is 12.9. The van der Waals surface area contributed by atoms with Crippen LogP contribution in [0.25, 0.3) is 0 Å². The first-order valence-electron chi connectivity index (χ1n) is 7.42. The molecule has 2 saturated heterocycles. The second-order valence-electron chi connectivity index (χ2n) is 6.06. The van der Waals surface area contributed by atoms with Crippen LogP contribution < -0.4 is 0 Å². The van der Waals surface area contributed by atoms with Gasteiger partial charge in [0.05, 0.1) is 0 Å². The minimum atomic E-state index is -0.405. The zero-order valence-electron chi connectivity index (χ0n) is 11.3. The number of hydrogen-bond acceptors (Lipinski definition) is 2. The molecule has 0 unspecified atom stereocenters. The van der Waals surface area contributed by atoms with E-state index in [9.17, 15) is 4.79 Å². The minimum absolute atomic E-state index is 0.139. The molecule has 1 aromatic rings. The number of rotatable bonds is 1. The molecule has 106 valence electrons. The third kappa shape index (κ3) is 1.57. The van der Waals surface area contributed by atoms with Gasteiger partial charge in [-0.1, -0.05) is 43.2 Å². The van der Waals surface area contributed by atoms with Gasteiger partial charge >= 0.3 is 0 Å². The summed E-state index contributed by atoms with van der Waals surface area (Å²) in [5.74, 6) is 1.94. The topological polar surface area (TPSA) is 20.3 Å². The van der Waals surface area contributed by atoms with Gasteiger partial charge in [0, 0.05) is 11.8 Å². The first-order valence-corrected chi connectivity index (χ1v) is 8.84. The number of nitrogens with zero attached hydrogens (tertiary/aromatic N) is 1. The third-order valence-corrected chi connectivity index (χ3v) is 7.40. The van der Waals surface area contributed by atoms with Crippen LogP contribution in [-0.2, 0) is 9.67 Å². The highest BCUT2D eigenvalue weighted by Crippen LogP contribution is 2.59. The molecule has 4 atom stereocenters. The third-order valence-electron chi connectivity index (χ3n) is 5.06. The number of β-lactam (4-membered cyclic amide) rings is 1. The predicted octanol–water partition coefficient (Wildman–Crippen LogP) is 3.59. The van der Waals surface area contributed by atoms with Gasteiger partial charge in [-0.2, -0.15) is 0 Å². The first-order chi connectivity index (χ1) is 9.75. The fourth-order valence-electron chi connectivity index (χ4n) is 4.06. The van der Waals surface area contributed by atoms with E-state index in [1.54, 1.807) is 0 Å². The molecular weight excluding hydrogens is 290 g/mol. The number of carbonyl (C=O) groups excluding carboxylic acids is 1. The van der Waals surface area contributed by atoms with Crippen LogP contribution in [0.15, 0.2) is 30.3 Å². The molecule has 0 N–H and O–H groups in total. The van der Waals surface area contributed by atoms with E-state index in [1.807, 2.05) is 30.0 Å². The molecule has 0 spiro atoms. The molecule has 2 aliphatic heterocycles. The van der Waals surface area contributed by atoms with Crippen molar-refractivity contribution in [3.8, 4) is 0 Å². The Hall–Kier alpha value is -0.670. The largest absolute Gasteiger partial charge is 0.317 e. The highest BCUT2D eigenvalue weighted by molar-refractivity contribution is 8.00. The normalized spacial score (nSPS) is 39.8. The summed E-state index contributed by atoms with van der Waals surface area (Å²) in [7, 11) is 0. The molecule has 1 amide bonds. The summed E-state index contributed by atoms with van der Waals surface area (Å²) in [6.45, 7) is 0. The molecule has 4 rings (SSSR count). The van der Waals surface area contributed by atoms with Crippen LogP contribution in [-0.4, -0.2) is 28.0 Å². The molecule has 2 nitrogen and oxygen atoms in total. The number of carbonyl (C=O) groups is 1. The van der Waals surface area contributed by atoms with Crippen LogP contribution in [0.1, 0.15) is 31.2 Å². The van der Waals surface area contributed by atoms with E-state index in [1.165, 1.54) is 24.8 Å². The predicted molar refractivity (Wildman–Crippen MR) is 82.8 cm³/mol. The van der Waals surface area contributed by atoms with Crippen LogP contribution in [0.2, 0.25) is 0 Å². The van der Waals surface area contributed by atoms with Crippen LogP contribution in [0.3, 0.4) is 0 Å². The van der Waals surface area contributed by atoms with Gasteiger partial charge in [0.25, 0.3) is 0 Å². The Bertz CT molecular complexity index is 537. The molecule has 1 aromatic carbocycles. The highest BCUT2D eigenvalue weighted by Gasteiger charge is 2.66. The number of hydrogen-bond donors (Lipinski definition) is 0. The van der Waals surface area contributed by atoms with Gasteiger partial charge in [-0.05, 0) is 24.3 Å². The summed E-state index contributed by atoms with van der Waals surface area (Å²) < 4.78 is 0. The number of amides is 1. The summed E-state index contributed by atoms with van der Waals surface area (Å²) in [5, 5.41) is -0.405. The fourth-order valence-corrected chi connectivity index (χ4v) is 6.36. The number of fused-ring (bicyclic) bond motifs is 3. The van der Waals surface area contributed by atoms with Crippen LogP contribution in [0.5, 0.6) is 0 Å². The van der Waals surface area contributed by atoms with Crippen molar-refractivity contribution in [3.05, 3.63) is 35.9 Å². The average Bonchev–Trinajstić information content (AvgIpc) is 2.53. The van der Waals surface area contributed by atoms with Crippen LogP contribution in [0.4, 0.5) is 0 Å². The van der Waals surface area contributed by atoms with Crippen molar-refractivity contribution >= 4 is 29.3 Å². The smallest absolute Gasteiger partial charge is 0.246 e. The Labute approximate surface area is 128 Å². The standard InChI is InChI=1S/C16H18ClNOS/c17-14-15(19)18-13-9-5-4-6-11(13)10-20-16(14,18)12-7-2-1-3-8-12/h1-3,7-8,11,13-14H,4-6,9-10H2/t11-,13-,14+,16-/m0/s1. The number of alkyl halides is 1. The van der Waals surface area contributed by atoms with E-state index in [0.717, 1.165) is 12.2 Å². The minimum Gasteiger partial charge on any atom is -0.317 e. The quantitative estimate of drug-likeness (QED) is 0.584. The van der Waals surface area contributed by atoms with Crippen molar-refractivity contribution in [2.75, 3.05) is 5.75 Å². The molecule has 1 aliphatic carbocycles. The van der Waals surface area contributed by atoms with E-state index >= 15 is 0 Å². The van der Waals surface area contributed by atoms with Gasteiger partial charge in [0.1, 0.15) is 10.2 Å². The zero-order chi connectivity index (χ0) is 13.7. The Morgan fingerprint density at radius 1 is 1.20 bits per heavy atom. The fraction of sp³-hybridized carbons (Fsp3) is 0.562. The molecule has 3 fully saturated rings. The maximum Gasteiger partial charge on any atom is 0.246 e. The molecule has 0 radical (unpaired) electrons. The lowest BCUT2D eigenvalue weighted by Gasteiger charge is -2.63. The monoisotopic (exact) mass is 307 g/mol. The van der Waals surface area contributed by atoms with E-state index in [2.05, 4.69) is 17.0 Å². The Morgan fingerprint density at radius 3 is 2.75 bits per heavy atom. The summed E-state index contributed by atoms with van der Waals surface area (Å²) in [6, 6.07) is 10.7. The van der Waals surface area contributed by atoms with Gasteiger partial charge in [0.15, 0.2) is 0 Å². The van der Waals surface area contributed by atoms with Crippen molar-refractivity contribution < 1.29 is 4.79 Å². The van der Waals surface area contributed by atoms with Gasteiger partial charge < -0.3 is 4.90 Å². The van der Waals surface area contributed by atoms with Crippen molar-refractivity contribution in [2.24, 2.45) is 5.92 Å². The lowest BCUT2D eigenvalue weighted by Crippen LogP contribution is -2.74. The van der Waals surface area contributed by atoms with Gasteiger partial charge in [-0.3, -0.25) is 4.79 Å². The number of thioether (sulfide) groups is 1. The van der Waals surface area contributed by atoms with E-state index in [0.29, 0.717) is 12.0 Å². The molecule has 1 saturated carbocycles. The van der Waals surface area contributed by atoms with Crippen molar-refractivity contribution in [1.29, 1.82) is 0 Å². The summed E-state index contributed by atoms with van der Waals surface area (Å²) in [4.78, 5) is 14.2. The maximum atomic E-state index is 12.4. The second-order valence-corrected chi connectivity index (χ2v) is 7.74. The van der Waals surface area contributed by atoms with E-state index in [-0.39, 0.29) is 10.8 Å². The van der Waals surface area contributed by atoms with E-state index < -0.39 is 5.38 Å². The lowest BCUT2D eigenvalue weighted by molar-refractivity contribution is -0.157. The summed E-state index contributed by atoms with van der Waals surface area (Å²) in [6.07, 6.45) is 4.97. The molecular formula is C16H18ClNOS. The molecule has 20 heavy (non-hydrogen) atoms. The summed E-state index contributed by atoms with van der Waals surface area (Å²) in [5.41, 5.74) is 1.19. The van der Waals surface area contributed by atoms with Crippen LogP contribution >= 0.6 is 23.4 Å². The highest BCUT2D eigenvalue weighted by atomic mass is 35.5. The van der Waals surface area contributed by atoms with Gasteiger partial charge in [-0.15, -0.1) is 23.4 Å². The molecule has 0 aromatic heterocycles. The maximum absolute atomic E-state index is 12.4. The van der Waals surface area contributed by atoms with Gasteiger partial charge in [0.2, 0.25) is 5.91 Å². The molecule has 0 bridgehead atoms. The Morgan fingerprint density at radius 2 is 1.95 bits per heavy atom. The van der Waals surface area contributed by atoms with Gasteiger partial charge in [-0.25, -0.2) is 0 Å². The van der Waals surface area contributed by atoms with Crippen molar-refractivity contribution in [2.45, 2.75) is 42.0 Å². The molecule has 3 aliphatic rings. The SMILES string of the molecule is O=C1[C@@H](Cl)[C@]2(c3ccccc3)SC[C@@H]3CCCC[C@@H]3N12. The van der Waals surface area contributed by atoms with E-state index in [4.69, 9.17) is 11.6 Å². The van der Waals surface area contributed by atoms with Crippen LogP contribution in [0, 0.1) is 5.92 Å². The second kappa shape index (κ2) is 4.67. The number of benzene rings is 1. The average molecular weight is 308 g/mol. The Balaban J connectivity index is 1.76. The molecule has 2 heterocycles. The number of halogens is 1. The lowest BCUT2D eigenvalue weighted by atomic mass is 9.79. The first kappa shape index (κ1) is 13.0. The Kier molecular flexibility index (Phi) is 3.04. The van der Waals surface area contributed by atoms with Crippen molar-refractivity contribution in [3.63, 3.8) is 0 Å².